The van der Waals surface area contributed by atoms with Gasteiger partial charge in [0.1, 0.15) is 15.6 Å². The molecule has 0 spiro atoms. The molecule has 7 heteroatoms. The van der Waals surface area contributed by atoms with Crippen molar-refractivity contribution >= 4 is 28.9 Å². The number of rotatable bonds is 6. The minimum Gasteiger partial charge on any atom is -0.492 e. The summed E-state index contributed by atoms with van der Waals surface area (Å²) in [5.74, 6) is -1.25. The average Bonchev–Trinajstić information content (AvgIpc) is 2.90. The van der Waals surface area contributed by atoms with E-state index in [-0.39, 0.29) is 10.8 Å². The van der Waals surface area contributed by atoms with Crippen LogP contribution in [0.1, 0.15) is 40.1 Å². The SMILES string of the molecule is CCOc1ccccc1NC(=O)[C@H](C)c1nc(C)c(C(=O)O)s1. The molecule has 122 valence electrons. The molecule has 2 N–H and O–H groups in total. The van der Waals surface area contributed by atoms with E-state index in [0.29, 0.717) is 28.7 Å². The number of benzene rings is 1. The fourth-order valence-electron chi connectivity index (χ4n) is 2.01. The third kappa shape index (κ3) is 3.87. The van der Waals surface area contributed by atoms with Gasteiger partial charge < -0.3 is 15.2 Å². The summed E-state index contributed by atoms with van der Waals surface area (Å²) in [5, 5.41) is 12.4. The number of ether oxygens (including phenoxy) is 1. The molecular weight excluding hydrogens is 316 g/mol. The molecule has 1 atom stereocenters. The molecule has 0 unspecified atom stereocenters. The van der Waals surface area contributed by atoms with E-state index in [9.17, 15) is 9.59 Å². The maximum absolute atomic E-state index is 12.4. The second kappa shape index (κ2) is 7.23. The highest BCUT2D eigenvalue weighted by molar-refractivity contribution is 7.13. The number of aromatic carboxylic acids is 1. The van der Waals surface area contributed by atoms with Gasteiger partial charge in [0.2, 0.25) is 5.91 Å². The van der Waals surface area contributed by atoms with Gasteiger partial charge >= 0.3 is 5.97 Å². The number of nitrogens with zero attached hydrogens (tertiary/aromatic N) is 1. The van der Waals surface area contributed by atoms with Crippen molar-refractivity contribution in [3.63, 3.8) is 0 Å². The number of carbonyl (C=O) groups excluding carboxylic acids is 1. The first-order chi connectivity index (χ1) is 10.9. The molecule has 0 fully saturated rings. The number of hydrogen-bond acceptors (Lipinski definition) is 5. The number of carboxylic acid groups (broad SMARTS) is 1. The largest absolute Gasteiger partial charge is 0.492 e. The first-order valence-electron chi connectivity index (χ1n) is 7.17. The lowest BCUT2D eigenvalue weighted by Crippen LogP contribution is -2.19. The van der Waals surface area contributed by atoms with E-state index in [1.54, 1.807) is 32.0 Å². The Labute approximate surface area is 138 Å². The first-order valence-corrected chi connectivity index (χ1v) is 7.99. The van der Waals surface area contributed by atoms with Crippen LogP contribution >= 0.6 is 11.3 Å². The average molecular weight is 334 g/mol. The number of carbonyl (C=O) groups is 2. The van der Waals surface area contributed by atoms with Gasteiger partial charge in [-0.2, -0.15) is 0 Å². The molecule has 6 nitrogen and oxygen atoms in total. The van der Waals surface area contributed by atoms with Gasteiger partial charge in [-0.3, -0.25) is 4.79 Å². The number of aryl methyl sites for hydroxylation is 1. The normalized spacial score (nSPS) is 11.8. The number of hydrogen-bond donors (Lipinski definition) is 2. The number of aromatic nitrogens is 1. The highest BCUT2D eigenvalue weighted by atomic mass is 32.1. The minimum atomic E-state index is -1.03. The zero-order valence-electron chi connectivity index (χ0n) is 13.1. The molecule has 0 radical (unpaired) electrons. The second-order valence-electron chi connectivity index (χ2n) is 4.91. The number of nitrogens with one attached hydrogen (secondary N) is 1. The quantitative estimate of drug-likeness (QED) is 0.846. The molecule has 0 aliphatic carbocycles. The Hall–Kier alpha value is -2.41. The van der Waals surface area contributed by atoms with Crippen LogP contribution in [0.25, 0.3) is 0 Å². The molecule has 1 heterocycles. The van der Waals surface area contributed by atoms with Crippen molar-refractivity contribution in [1.82, 2.24) is 4.98 Å². The smallest absolute Gasteiger partial charge is 0.347 e. The summed E-state index contributed by atoms with van der Waals surface area (Å²) >= 11 is 1.03. The van der Waals surface area contributed by atoms with Crippen molar-refractivity contribution in [2.45, 2.75) is 26.7 Å². The van der Waals surface area contributed by atoms with Crippen LogP contribution in [0.3, 0.4) is 0 Å². The lowest BCUT2D eigenvalue weighted by Gasteiger charge is -2.13. The molecule has 0 bridgehead atoms. The summed E-state index contributed by atoms with van der Waals surface area (Å²) < 4.78 is 5.47. The standard InChI is InChI=1S/C16H18N2O4S/c1-4-22-12-8-6-5-7-11(12)18-14(19)9(2)15-17-10(3)13(23-15)16(20)21/h5-9H,4H2,1-3H3,(H,18,19)(H,20,21)/t9-/m0/s1. The summed E-state index contributed by atoms with van der Waals surface area (Å²) in [6, 6.07) is 7.16. The van der Waals surface area contributed by atoms with Gasteiger partial charge in [0.15, 0.2) is 0 Å². The van der Waals surface area contributed by atoms with Crippen LogP contribution in [0, 0.1) is 6.92 Å². The number of anilines is 1. The molecule has 1 amide bonds. The van der Waals surface area contributed by atoms with Crippen LogP contribution in [0.4, 0.5) is 5.69 Å². The molecule has 0 saturated heterocycles. The summed E-state index contributed by atoms with van der Waals surface area (Å²) in [6.45, 7) is 5.68. The maximum Gasteiger partial charge on any atom is 0.347 e. The molecular formula is C16H18N2O4S. The molecule has 0 saturated carbocycles. The van der Waals surface area contributed by atoms with E-state index >= 15 is 0 Å². The fourth-order valence-corrected chi connectivity index (χ4v) is 2.96. The Morgan fingerprint density at radius 3 is 2.70 bits per heavy atom. The zero-order chi connectivity index (χ0) is 17.0. The molecule has 0 aliphatic rings. The minimum absolute atomic E-state index is 0.161. The van der Waals surface area contributed by atoms with Crippen molar-refractivity contribution in [3.8, 4) is 5.75 Å². The summed E-state index contributed by atoms with van der Waals surface area (Å²) in [5.41, 5.74) is 1.00. The number of thiazole rings is 1. The summed E-state index contributed by atoms with van der Waals surface area (Å²) in [4.78, 5) is 27.9. The number of carboxylic acids is 1. The van der Waals surface area contributed by atoms with E-state index in [1.165, 1.54) is 0 Å². The molecule has 1 aromatic heterocycles. The van der Waals surface area contributed by atoms with Gasteiger partial charge in [-0.25, -0.2) is 9.78 Å². The lowest BCUT2D eigenvalue weighted by atomic mass is 10.1. The van der Waals surface area contributed by atoms with Gasteiger partial charge in [-0.15, -0.1) is 11.3 Å². The Morgan fingerprint density at radius 2 is 2.09 bits per heavy atom. The third-order valence-corrected chi connectivity index (χ3v) is 4.54. The molecule has 23 heavy (non-hydrogen) atoms. The Balaban J connectivity index is 2.17. The van der Waals surface area contributed by atoms with Crippen molar-refractivity contribution in [3.05, 3.63) is 39.8 Å². The van der Waals surface area contributed by atoms with Gasteiger partial charge in [0.25, 0.3) is 0 Å². The van der Waals surface area contributed by atoms with E-state index in [0.717, 1.165) is 11.3 Å². The monoisotopic (exact) mass is 334 g/mol. The lowest BCUT2D eigenvalue weighted by molar-refractivity contribution is -0.117. The van der Waals surface area contributed by atoms with Crippen molar-refractivity contribution in [2.75, 3.05) is 11.9 Å². The maximum atomic E-state index is 12.4. The first kappa shape index (κ1) is 17.0. The van der Waals surface area contributed by atoms with E-state index in [1.807, 2.05) is 13.0 Å². The van der Waals surface area contributed by atoms with Crippen LogP contribution < -0.4 is 10.1 Å². The molecule has 0 aliphatic heterocycles. The topological polar surface area (TPSA) is 88.5 Å². The summed E-state index contributed by atoms with van der Waals surface area (Å²) in [7, 11) is 0. The highest BCUT2D eigenvalue weighted by Crippen LogP contribution is 2.28. The van der Waals surface area contributed by atoms with Crippen molar-refractivity contribution in [2.24, 2.45) is 0 Å². The van der Waals surface area contributed by atoms with E-state index in [4.69, 9.17) is 9.84 Å². The predicted octanol–water partition coefficient (Wildman–Crippen LogP) is 3.29. The van der Waals surface area contributed by atoms with Gasteiger partial charge in [0.05, 0.1) is 23.9 Å². The Bertz CT molecular complexity index is 727. The Morgan fingerprint density at radius 1 is 1.39 bits per heavy atom. The van der Waals surface area contributed by atoms with Gasteiger partial charge in [0, 0.05) is 0 Å². The second-order valence-corrected chi connectivity index (χ2v) is 5.94. The van der Waals surface area contributed by atoms with E-state index in [2.05, 4.69) is 10.3 Å². The highest BCUT2D eigenvalue weighted by Gasteiger charge is 2.23. The van der Waals surface area contributed by atoms with Crippen LogP contribution in [-0.4, -0.2) is 28.6 Å². The third-order valence-electron chi connectivity index (χ3n) is 3.22. The van der Waals surface area contributed by atoms with Gasteiger partial charge in [-0.05, 0) is 32.9 Å². The van der Waals surface area contributed by atoms with Crippen molar-refractivity contribution < 1.29 is 19.4 Å². The molecule has 2 rings (SSSR count). The number of para-hydroxylation sites is 2. The van der Waals surface area contributed by atoms with Crippen LogP contribution in [0.2, 0.25) is 0 Å². The van der Waals surface area contributed by atoms with Crippen LogP contribution in [0.15, 0.2) is 24.3 Å². The predicted molar refractivity (Wildman–Crippen MR) is 88.5 cm³/mol. The number of amides is 1. The Kier molecular flexibility index (Phi) is 5.33. The van der Waals surface area contributed by atoms with E-state index < -0.39 is 11.9 Å². The van der Waals surface area contributed by atoms with Gasteiger partial charge in [-0.1, -0.05) is 12.1 Å². The summed E-state index contributed by atoms with van der Waals surface area (Å²) in [6.07, 6.45) is 0. The fraction of sp³-hybridized carbons (Fsp3) is 0.312. The molecule has 1 aromatic carbocycles. The molecule has 2 aromatic rings. The van der Waals surface area contributed by atoms with Crippen molar-refractivity contribution in [1.29, 1.82) is 0 Å². The van der Waals surface area contributed by atoms with Crippen LogP contribution in [0.5, 0.6) is 5.75 Å². The van der Waals surface area contributed by atoms with Crippen LogP contribution in [-0.2, 0) is 4.79 Å². The zero-order valence-corrected chi connectivity index (χ0v) is 13.9.